The Hall–Kier alpha value is -3.00. The van der Waals surface area contributed by atoms with E-state index in [0.29, 0.717) is 17.7 Å². The van der Waals surface area contributed by atoms with E-state index in [1.165, 1.54) is 0 Å². The molecule has 140 valence electrons. The molecule has 1 fully saturated rings. The topological polar surface area (TPSA) is 94.0 Å². The van der Waals surface area contributed by atoms with Crippen molar-refractivity contribution >= 4 is 22.6 Å². The zero-order valence-corrected chi connectivity index (χ0v) is 15.4. The van der Waals surface area contributed by atoms with Gasteiger partial charge in [-0.25, -0.2) is 9.67 Å². The summed E-state index contributed by atoms with van der Waals surface area (Å²) in [6.07, 6.45) is 2.00. The Balaban J connectivity index is 1.59. The van der Waals surface area contributed by atoms with Crippen LogP contribution in [0.1, 0.15) is 35.1 Å². The van der Waals surface area contributed by atoms with Gasteiger partial charge in [0.1, 0.15) is 5.69 Å². The van der Waals surface area contributed by atoms with Crippen molar-refractivity contribution in [3.05, 3.63) is 41.9 Å². The summed E-state index contributed by atoms with van der Waals surface area (Å²) in [7, 11) is 3.33. The molecule has 1 aliphatic heterocycles. The van der Waals surface area contributed by atoms with Gasteiger partial charge in [-0.1, -0.05) is 18.2 Å². The molecular formula is C19H22N6O2. The average Bonchev–Trinajstić information content (AvgIpc) is 3.08. The number of hydrogen-bond donors (Lipinski definition) is 2. The van der Waals surface area contributed by atoms with Crippen LogP contribution in [0.4, 0.5) is 5.95 Å². The molecule has 3 heterocycles. The van der Waals surface area contributed by atoms with E-state index in [9.17, 15) is 4.79 Å². The van der Waals surface area contributed by atoms with Gasteiger partial charge in [0, 0.05) is 18.4 Å². The molecule has 0 radical (unpaired) electrons. The smallest absolute Gasteiger partial charge is 0.276 e. The van der Waals surface area contributed by atoms with E-state index in [0.717, 1.165) is 42.5 Å². The molecule has 4 rings (SSSR count). The molecule has 8 heteroatoms. The van der Waals surface area contributed by atoms with Gasteiger partial charge in [-0.3, -0.25) is 10.1 Å². The fraction of sp³-hybridized carbons (Fsp3) is 0.368. The molecule has 0 saturated carbocycles. The van der Waals surface area contributed by atoms with Gasteiger partial charge < -0.3 is 10.1 Å². The monoisotopic (exact) mass is 366 g/mol. The molecule has 1 amide bonds. The van der Waals surface area contributed by atoms with Crippen LogP contribution in [-0.2, 0) is 7.05 Å². The van der Waals surface area contributed by atoms with Crippen LogP contribution in [0.3, 0.4) is 0 Å². The second kappa shape index (κ2) is 7.32. The first kappa shape index (κ1) is 17.4. The average molecular weight is 366 g/mol. The van der Waals surface area contributed by atoms with Crippen molar-refractivity contribution in [2.24, 2.45) is 7.05 Å². The van der Waals surface area contributed by atoms with Crippen molar-refractivity contribution in [3.63, 3.8) is 0 Å². The Labute approximate surface area is 157 Å². The lowest BCUT2D eigenvalue weighted by Crippen LogP contribution is -2.27. The van der Waals surface area contributed by atoms with Crippen LogP contribution in [0.5, 0.6) is 5.88 Å². The van der Waals surface area contributed by atoms with Crippen molar-refractivity contribution in [2.45, 2.75) is 18.8 Å². The highest BCUT2D eigenvalue weighted by molar-refractivity contribution is 6.04. The second-order valence-corrected chi connectivity index (χ2v) is 6.63. The van der Waals surface area contributed by atoms with Crippen molar-refractivity contribution in [2.75, 3.05) is 25.5 Å². The van der Waals surface area contributed by atoms with E-state index in [1.807, 2.05) is 24.3 Å². The van der Waals surface area contributed by atoms with Gasteiger partial charge in [0.05, 0.1) is 7.11 Å². The predicted molar refractivity (Wildman–Crippen MR) is 102 cm³/mol. The third-order valence-corrected chi connectivity index (χ3v) is 4.84. The van der Waals surface area contributed by atoms with Crippen molar-refractivity contribution in [1.82, 2.24) is 25.1 Å². The third-order valence-electron chi connectivity index (χ3n) is 4.84. The highest BCUT2D eigenvalue weighted by atomic mass is 16.5. The molecule has 0 atom stereocenters. The van der Waals surface area contributed by atoms with E-state index in [-0.39, 0.29) is 11.6 Å². The van der Waals surface area contributed by atoms with Gasteiger partial charge >= 0.3 is 0 Å². The largest absolute Gasteiger partial charge is 0.481 e. The Morgan fingerprint density at radius 2 is 2.04 bits per heavy atom. The molecule has 1 aromatic carbocycles. The van der Waals surface area contributed by atoms with Crippen LogP contribution in [-0.4, -0.2) is 45.9 Å². The number of pyridine rings is 1. The molecule has 3 aromatic rings. The number of amides is 1. The summed E-state index contributed by atoms with van der Waals surface area (Å²) < 4.78 is 6.95. The zero-order valence-electron chi connectivity index (χ0n) is 15.4. The zero-order chi connectivity index (χ0) is 18.8. The van der Waals surface area contributed by atoms with Gasteiger partial charge in [-0.2, -0.15) is 10.1 Å². The van der Waals surface area contributed by atoms with Crippen LogP contribution in [0.2, 0.25) is 0 Å². The van der Waals surface area contributed by atoms with E-state index in [1.54, 1.807) is 24.9 Å². The number of anilines is 1. The number of benzene rings is 1. The highest BCUT2D eigenvalue weighted by Crippen LogP contribution is 2.25. The number of methoxy groups -OCH3 is 1. The lowest BCUT2D eigenvalue weighted by molar-refractivity contribution is 0.102. The molecule has 27 heavy (non-hydrogen) atoms. The maximum atomic E-state index is 12.7. The van der Waals surface area contributed by atoms with Gasteiger partial charge in [0.2, 0.25) is 11.8 Å². The first-order chi connectivity index (χ1) is 13.2. The number of fused-ring (bicyclic) bond motifs is 1. The fourth-order valence-corrected chi connectivity index (χ4v) is 3.37. The summed E-state index contributed by atoms with van der Waals surface area (Å²) in [5, 5.41) is 12.4. The van der Waals surface area contributed by atoms with Crippen molar-refractivity contribution < 1.29 is 9.53 Å². The Morgan fingerprint density at radius 1 is 1.26 bits per heavy atom. The van der Waals surface area contributed by atoms with Gasteiger partial charge in [-0.15, -0.1) is 0 Å². The summed E-state index contributed by atoms with van der Waals surface area (Å²) in [4.78, 5) is 21.6. The summed E-state index contributed by atoms with van der Waals surface area (Å²) in [6.45, 7) is 1.93. The van der Waals surface area contributed by atoms with E-state index >= 15 is 0 Å². The molecule has 2 N–H and O–H groups in total. The first-order valence-corrected chi connectivity index (χ1v) is 9.02. The van der Waals surface area contributed by atoms with Gasteiger partial charge in [0.25, 0.3) is 5.91 Å². The number of nitrogens with zero attached hydrogens (tertiary/aromatic N) is 4. The van der Waals surface area contributed by atoms with Crippen molar-refractivity contribution in [3.8, 4) is 5.88 Å². The summed E-state index contributed by atoms with van der Waals surface area (Å²) in [6, 6.07) is 9.41. The first-order valence-electron chi connectivity index (χ1n) is 9.02. The molecule has 1 aliphatic rings. The number of rotatable bonds is 4. The Kier molecular flexibility index (Phi) is 4.72. The van der Waals surface area contributed by atoms with Gasteiger partial charge in [0.15, 0.2) is 5.82 Å². The van der Waals surface area contributed by atoms with Crippen LogP contribution in [0.25, 0.3) is 10.8 Å². The summed E-state index contributed by atoms with van der Waals surface area (Å²) >= 11 is 0. The van der Waals surface area contributed by atoms with Crippen molar-refractivity contribution in [1.29, 1.82) is 0 Å². The van der Waals surface area contributed by atoms with Crippen LogP contribution >= 0.6 is 0 Å². The summed E-state index contributed by atoms with van der Waals surface area (Å²) in [5.41, 5.74) is 0.275. The third kappa shape index (κ3) is 3.48. The maximum Gasteiger partial charge on any atom is 0.276 e. The number of hydrogen-bond acceptors (Lipinski definition) is 6. The number of piperidine rings is 1. The number of aromatic nitrogens is 4. The minimum absolute atomic E-state index is 0.275. The highest BCUT2D eigenvalue weighted by Gasteiger charge is 2.22. The van der Waals surface area contributed by atoms with E-state index in [2.05, 4.69) is 25.7 Å². The van der Waals surface area contributed by atoms with E-state index in [4.69, 9.17) is 4.74 Å². The number of aryl methyl sites for hydroxylation is 1. The molecular weight excluding hydrogens is 344 g/mol. The standard InChI is InChI=1S/C19H22N6O2/c1-25-19(22-16(24-25)12-7-9-20-10-8-12)23-17(26)15-11-13-5-3-4-6-14(13)18(21-15)27-2/h3-6,11-12,20H,7-10H2,1-2H3,(H,22,23,24,26). The minimum Gasteiger partial charge on any atom is -0.481 e. The SMILES string of the molecule is COc1nc(C(=O)Nc2nc(C3CCNCC3)nn2C)cc2ccccc12. The van der Waals surface area contributed by atoms with Crippen LogP contribution in [0, 0.1) is 0 Å². The molecule has 0 bridgehead atoms. The number of carbonyl (C=O) groups excluding carboxylic acids is 1. The minimum atomic E-state index is -0.341. The molecule has 8 nitrogen and oxygen atoms in total. The molecule has 0 aliphatic carbocycles. The van der Waals surface area contributed by atoms with Crippen LogP contribution < -0.4 is 15.4 Å². The molecule has 2 aromatic heterocycles. The fourth-order valence-electron chi connectivity index (χ4n) is 3.37. The maximum absolute atomic E-state index is 12.7. The number of ether oxygens (including phenoxy) is 1. The number of nitrogens with one attached hydrogen (secondary N) is 2. The lowest BCUT2D eigenvalue weighted by atomic mass is 9.98. The summed E-state index contributed by atoms with van der Waals surface area (Å²) in [5.74, 6) is 1.60. The lowest BCUT2D eigenvalue weighted by Gasteiger charge is -2.19. The molecule has 0 spiro atoms. The predicted octanol–water partition coefficient (Wildman–Crippen LogP) is 2.09. The molecule has 0 unspecified atom stereocenters. The normalized spacial score (nSPS) is 15.0. The number of carbonyl (C=O) groups is 1. The Bertz CT molecular complexity index is 977. The second-order valence-electron chi connectivity index (χ2n) is 6.63. The quantitative estimate of drug-likeness (QED) is 0.734. The Morgan fingerprint density at radius 3 is 2.81 bits per heavy atom. The van der Waals surface area contributed by atoms with E-state index < -0.39 is 0 Å². The van der Waals surface area contributed by atoms with Gasteiger partial charge in [-0.05, 0) is 43.5 Å². The van der Waals surface area contributed by atoms with Crippen LogP contribution in [0.15, 0.2) is 30.3 Å². The molecule has 1 saturated heterocycles.